The second kappa shape index (κ2) is 20.1. The third kappa shape index (κ3) is 10.5. The number of nitrogens with one attached hydrogen (secondary N) is 2. The molecule has 2 heterocycles. The van der Waals surface area contributed by atoms with Gasteiger partial charge in [0.2, 0.25) is 5.91 Å². The highest BCUT2D eigenvalue weighted by Gasteiger charge is 2.54. The number of aromatic nitrogens is 2. The van der Waals surface area contributed by atoms with Crippen LogP contribution in [0.5, 0.6) is 11.5 Å². The lowest BCUT2D eigenvalue weighted by molar-refractivity contribution is -0.144. The van der Waals surface area contributed by atoms with E-state index in [1.807, 2.05) is 54.7 Å². The number of carbonyl (C=O) groups excluding carboxylic acids is 2. The minimum atomic E-state index is -1.12. The summed E-state index contributed by atoms with van der Waals surface area (Å²) >= 11 is 6.32. The Morgan fingerprint density at radius 3 is 2.55 bits per heavy atom. The van der Waals surface area contributed by atoms with Gasteiger partial charge in [-0.15, -0.1) is 0 Å². The van der Waals surface area contributed by atoms with Gasteiger partial charge in [-0.3, -0.25) is 19.6 Å². The molecular weight excluding hydrogens is 838 g/mol. The molecule has 5 N–H and O–H groups in total. The molecule has 1 spiro atoms. The van der Waals surface area contributed by atoms with E-state index in [1.165, 1.54) is 16.7 Å². The molecule has 0 saturated heterocycles. The lowest BCUT2D eigenvalue weighted by Crippen LogP contribution is -2.53. The summed E-state index contributed by atoms with van der Waals surface area (Å²) in [6.07, 6.45) is 12.6. The second-order valence-electron chi connectivity index (χ2n) is 18.6. The predicted octanol–water partition coefficient (Wildman–Crippen LogP) is 9.88. The van der Waals surface area contributed by atoms with E-state index in [0.717, 1.165) is 66.0 Å². The van der Waals surface area contributed by atoms with Crippen molar-refractivity contribution in [2.75, 3.05) is 25.1 Å². The van der Waals surface area contributed by atoms with Gasteiger partial charge in [0.1, 0.15) is 22.7 Å². The van der Waals surface area contributed by atoms with Crippen LogP contribution in [0.1, 0.15) is 116 Å². The van der Waals surface area contributed by atoms with Gasteiger partial charge >= 0.3 is 5.97 Å². The van der Waals surface area contributed by atoms with Crippen molar-refractivity contribution in [1.29, 1.82) is 0 Å². The molecule has 5 aromatic rings. The second-order valence-corrected chi connectivity index (χ2v) is 19.0. The third-order valence-corrected chi connectivity index (χ3v) is 14.3. The van der Waals surface area contributed by atoms with Crippen molar-refractivity contribution >= 4 is 35.1 Å². The van der Waals surface area contributed by atoms with Crippen LogP contribution in [0.25, 0.3) is 11.1 Å². The molecule has 0 aliphatic heterocycles. The van der Waals surface area contributed by atoms with Crippen LogP contribution in [0.15, 0.2) is 97.3 Å². The number of carboxylic acid groups (broad SMARTS) is 1. The molecule has 2 aromatic heterocycles. The fourth-order valence-electron chi connectivity index (χ4n) is 10.6. The first kappa shape index (κ1) is 45.6. The van der Waals surface area contributed by atoms with Crippen LogP contribution < -0.4 is 25.8 Å². The van der Waals surface area contributed by atoms with Crippen molar-refractivity contribution in [2.45, 2.75) is 108 Å². The average molecular weight is 899 g/mol. The van der Waals surface area contributed by atoms with Gasteiger partial charge in [-0.2, -0.15) is 0 Å². The van der Waals surface area contributed by atoms with Gasteiger partial charge in [0.15, 0.2) is 0 Å². The van der Waals surface area contributed by atoms with Crippen molar-refractivity contribution in [3.8, 4) is 22.6 Å². The minimum Gasteiger partial charge on any atom is -0.494 e. The molecule has 2 amide bonds. The number of aryl methyl sites for hydroxylation is 1. The van der Waals surface area contributed by atoms with Crippen molar-refractivity contribution in [3.63, 3.8) is 0 Å². The quantitative estimate of drug-likeness (QED) is 0.0627. The number of fused-ring (bicyclic) bond motifs is 3. The van der Waals surface area contributed by atoms with Crippen LogP contribution in [0.3, 0.4) is 0 Å². The van der Waals surface area contributed by atoms with E-state index >= 15 is 0 Å². The summed E-state index contributed by atoms with van der Waals surface area (Å²) in [5.41, 5.74) is 12.8. The molecule has 340 valence electrons. The summed E-state index contributed by atoms with van der Waals surface area (Å²) in [6, 6.07) is 27.2. The standard InChI is InChI=1S/C53H60ClN5O6/c1-34(33-65-47-19-25-56-45-12-3-7-35(2)49(45)47)27-40-29-38-14-16-43(31-44(38)52(40)20-22-53(23-21-52,51(62)63)59-42-11-5-10-41(54)30-42)64-26-6-13-48(60)57-24-18-36-8-4-9-37(28-36)39-15-17-46(50(55)61)58-32-39/h4-5,8-11,14-17,19,25,28,30-32,34-35,40,59H,3,6-7,12-13,18,20-24,26-27,29,33H2,1-2H3,(H2,55,61)(H,57,60)(H,62,63)/t34-,35-,40?,52?,53?/m1/s1. The Morgan fingerprint density at radius 1 is 0.954 bits per heavy atom. The minimum absolute atomic E-state index is 0.0290. The molecule has 8 rings (SSSR count). The number of nitrogens with two attached hydrogens (primary N) is 1. The first-order valence-electron chi connectivity index (χ1n) is 23.2. The topological polar surface area (TPSA) is 166 Å². The molecule has 3 aromatic carbocycles. The van der Waals surface area contributed by atoms with Gasteiger partial charge in [-0.05, 0) is 159 Å². The van der Waals surface area contributed by atoms with Crippen molar-refractivity contribution in [2.24, 2.45) is 17.6 Å². The van der Waals surface area contributed by atoms with Crippen molar-refractivity contribution in [3.05, 3.63) is 136 Å². The first-order valence-corrected chi connectivity index (χ1v) is 23.5. The number of benzene rings is 3. The summed E-state index contributed by atoms with van der Waals surface area (Å²) in [5.74, 6) is 1.28. The van der Waals surface area contributed by atoms with Crippen LogP contribution >= 0.6 is 11.6 Å². The Kier molecular flexibility index (Phi) is 14.1. The first-order chi connectivity index (χ1) is 31.4. The number of nitrogens with zero attached hydrogens (tertiary/aromatic N) is 2. The molecule has 3 atom stereocenters. The summed E-state index contributed by atoms with van der Waals surface area (Å²) in [6.45, 7) is 6.04. The molecule has 1 saturated carbocycles. The molecule has 1 fully saturated rings. The Hall–Kier alpha value is -5.94. The van der Waals surface area contributed by atoms with E-state index < -0.39 is 17.4 Å². The third-order valence-electron chi connectivity index (χ3n) is 14.1. The highest BCUT2D eigenvalue weighted by Crippen LogP contribution is 2.57. The molecule has 11 nitrogen and oxygen atoms in total. The zero-order valence-corrected chi connectivity index (χ0v) is 38.2. The molecule has 1 unspecified atom stereocenters. The van der Waals surface area contributed by atoms with E-state index in [2.05, 4.69) is 52.6 Å². The SMILES string of the molecule is C[C@@H](COc1ccnc2c1[C@H](C)CCC2)CC1Cc2ccc(OCCCC(=O)NCCc3cccc(-c4ccc(C(N)=O)nc4)c3)cc2C12CCC(Nc1cccc(Cl)c1)(C(=O)O)CC2. The summed E-state index contributed by atoms with van der Waals surface area (Å²) in [4.78, 5) is 46.2. The largest absolute Gasteiger partial charge is 0.494 e. The zero-order valence-electron chi connectivity index (χ0n) is 37.4. The lowest BCUT2D eigenvalue weighted by atomic mass is 9.59. The number of carbonyl (C=O) groups is 3. The fourth-order valence-corrected chi connectivity index (χ4v) is 10.8. The van der Waals surface area contributed by atoms with Crippen molar-refractivity contribution < 1.29 is 29.0 Å². The summed E-state index contributed by atoms with van der Waals surface area (Å²) < 4.78 is 12.9. The maximum Gasteiger partial charge on any atom is 0.329 e. The fraction of sp³-hybridized carbons (Fsp3) is 0.415. The zero-order chi connectivity index (χ0) is 45.6. The van der Waals surface area contributed by atoms with Gasteiger partial charge in [0, 0.05) is 52.9 Å². The number of aliphatic carboxylic acids is 1. The van der Waals surface area contributed by atoms with Crippen LogP contribution in [0.2, 0.25) is 5.02 Å². The number of anilines is 1. The number of pyridine rings is 2. The van der Waals surface area contributed by atoms with Crippen molar-refractivity contribution in [1.82, 2.24) is 15.3 Å². The van der Waals surface area contributed by atoms with E-state index in [1.54, 1.807) is 24.4 Å². The smallest absolute Gasteiger partial charge is 0.329 e. The van der Waals surface area contributed by atoms with E-state index in [0.29, 0.717) is 87.3 Å². The Morgan fingerprint density at radius 2 is 1.78 bits per heavy atom. The molecule has 0 radical (unpaired) electrons. The highest BCUT2D eigenvalue weighted by atomic mass is 35.5. The number of ether oxygens (including phenoxy) is 2. The maximum absolute atomic E-state index is 13.1. The molecule has 3 aliphatic carbocycles. The molecule has 3 aliphatic rings. The van der Waals surface area contributed by atoms with E-state index in [4.69, 9.17) is 26.8 Å². The van der Waals surface area contributed by atoms with Crippen LogP contribution in [0, 0.1) is 11.8 Å². The van der Waals surface area contributed by atoms with Gasteiger partial charge < -0.3 is 30.9 Å². The monoisotopic (exact) mass is 897 g/mol. The number of carboxylic acids is 1. The van der Waals surface area contributed by atoms with Gasteiger partial charge in [0.25, 0.3) is 5.91 Å². The summed E-state index contributed by atoms with van der Waals surface area (Å²) in [5, 5.41) is 17.7. The number of hydrogen-bond donors (Lipinski definition) is 4. The van der Waals surface area contributed by atoms with Gasteiger partial charge in [-0.25, -0.2) is 4.79 Å². The summed E-state index contributed by atoms with van der Waals surface area (Å²) in [7, 11) is 0. The Bertz CT molecular complexity index is 2500. The molecule has 65 heavy (non-hydrogen) atoms. The number of primary amides is 1. The number of rotatable bonds is 18. The molecule has 0 bridgehead atoms. The van der Waals surface area contributed by atoms with Gasteiger partial charge in [-0.1, -0.05) is 67.9 Å². The Balaban J connectivity index is 0.896. The predicted molar refractivity (Wildman–Crippen MR) is 254 cm³/mol. The average Bonchev–Trinajstić information content (AvgIpc) is 3.58. The van der Waals surface area contributed by atoms with E-state index in [9.17, 15) is 19.5 Å². The molecular formula is C53H60ClN5O6. The normalized spacial score (nSPS) is 21.5. The van der Waals surface area contributed by atoms with Gasteiger partial charge in [0.05, 0.1) is 13.2 Å². The van der Waals surface area contributed by atoms with Crippen LogP contribution in [0.4, 0.5) is 5.69 Å². The highest BCUT2D eigenvalue weighted by molar-refractivity contribution is 6.30. The lowest BCUT2D eigenvalue weighted by Gasteiger charge is -2.47. The number of hydrogen-bond acceptors (Lipinski definition) is 8. The van der Waals surface area contributed by atoms with E-state index in [-0.39, 0.29) is 22.9 Å². The Labute approximate surface area is 386 Å². The number of halogens is 1. The van der Waals surface area contributed by atoms with Crippen LogP contribution in [-0.4, -0.2) is 58.2 Å². The van der Waals surface area contributed by atoms with Crippen LogP contribution in [-0.2, 0) is 34.3 Å². The maximum atomic E-state index is 13.1. The number of amides is 2. The molecule has 12 heteroatoms.